The van der Waals surface area contributed by atoms with E-state index in [9.17, 15) is 13.2 Å². The predicted molar refractivity (Wildman–Crippen MR) is 125 cm³/mol. The van der Waals surface area contributed by atoms with E-state index in [2.05, 4.69) is 15.9 Å². The van der Waals surface area contributed by atoms with Crippen LogP contribution in [0.25, 0.3) is 0 Å². The number of methoxy groups -OCH3 is 1. The monoisotopic (exact) mass is 533 g/mol. The number of halogens is 1. The predicted octanol–water partition coefficient (Wildman–Crippen LogP) is 4.70. The highest BCUT2D eigenvalue weighted by molar-refractivity contribution is 9.10. The van der Waals surface area contributed by atoms with Crippen molar-refractivity contribution in [3.8, 4) is 5.75 Å². The highest BCUT2D eigenvalue weighted by Crippen LogP contribution is 2.26. The number of hydrogen-bond donors (Lipinski definition) is 0. The SMILES string of the molecule is COc1ccc(CN(CC2CCCO2)C(=O)c2ccc(S(=O)(=O)c3ccc(Br)cc3)o2)cc1. The number of benzene rings is 2. The number of furan rings is 1. The molecule has 7 nitrogen and oxygen atoms in total. The van der Waals surface area contributed by atoms with Gasteiger partial charge in [-0.3, -0.25) is 4.79 Å². The van der Waals surface area contributed by atoms with Gasteiger partial charge in [0.2, 0.25) is 14.9 Å². The molecular weight excluding hydrogens is 510 g/mol. The molecule has 1 fully saturated rings. The number of hydrogen-bond acceptors (Lipinski definition) is 6. The maximum atomic E-state index is 13.3. The Labute approximate surface area is 201 Å². The summed E-state index contributed by atoms with van der Waals surface area (Å²) in [5.41, 5.74) is 0.913. The first-order valence-electron chi connectivity index (χ1n) is 10.5. The summed E-state index contributed by atoms with van der Waals surface area (Å²) in [5.74, 6) is 0.306. The van der Waals surface area contributed by atoms with Gasteiger partial charge < -0.3 is 18.8 Å². The summed E-state index contributed by atoms with van der Waals surface area (Å²) < 4.78 is 43.1. The highest BCUT2D eigenvalue weighted by atomic mass is 79.9. The molecule has 0 aliphatic carbocycles. The summed E-state index contributed by atoms with van der Waals surface area (Å²) in [6, 6.07) is 16.4. The third-order valence-electron chi connectivity index (χ3n) is 5.45. The second kappa shape index (κ2) is 10.1. The van der Waals surface area contributed by atoms with Crippen LogP contribution in [0.1, 0.15) is 29.0 Å². The van der Waals surface area contributed by atoms with Crippen LogP contribution in [0.3, 0.4) is 0 Å². The molecule has 1 amide bonds. The van der Waals surface area contributed by atoms with Crippen molar-refractivity contribution in [1.82, 2.24) is 4.90 Å². The molecule has 1 atom stereocenters. The minimum atomic E-state index is -3.88. The van der Waals surface area contributed by atoms with Crippen LogP contribution in [0.4, 0.5) is 0 Å². The zero-order valence-corrected chi connectivity index (χ0v) is 20.5. The zero-order valence-electron chi connectivity index (χ0n) is 18.1. The van der Waals surface area contributed by atoms with Gasteiger partial charge in [0.05, 0.1) is 18.1 Å². The van der Waals surface area contributed by atoms with Gasteiger partial charge in [0.15, 0.2) is 5.76 Å². The Hall–Kier alpha value is -2.62. The molecule has 1 aromatic heterocycles. The van der Waals surface area contributed by atoms with Crippen LogP contribution in [-0.4, -0.2) is 45.6 Å². The van der Waals surface area contributed by atoms with Gasteiger partial charge in [-0.15, -0.1) is 0 Å². The molecule has 0 radical (unpaired) electrons. The summed E-state index contributed by atoms with van der Waals surface area (Å²) in [7, 11) is -2.28. The first-order valence-corrected chi connectivity index (χ1v) is 12.8. The van der Waals surface area contributed by atoms with Gasteiger partial charge in [-0.25, -0.2) is 8.42 Å². The van der Waals surface area contributed by atoms with Crippen LogP contribution >= 0.6 is 15.9 Å². The molecule has 0 bridgehead atoms. The molecule has 2 aromatic carbocycles. The Morgan fingerprint density at radius 3 is 2.45 bits per heavy atom. The van der Waals surface area contributed by atoms with E-state index < -0.39 is 15.7 Å². The zero-order chi connectivity index (χ0) is 23.4. The number of ether oxygens (including phenoxy) is 2. The number of carbonyl (C=O) groups is 1. The van der Waals surface area contributed by atoms with Crippen molar-refractivity contribution in [2.45, 2.75) is 35.5 Å². The minimum absolute atomic E-state index is 0.0304. The van der Waals surface area contributed by atoms with Crippen molar-refractivity contribution >= 4 is 31.7 Å². The van der Waals surface area contributed by atoms with Crippen molar-refractivity contribution in [2.75, 3.05) is 20.3 Å². The normalized spacial score (nSPS) is 16.0. The lowest BCUT2D eigenvalue weighted by molar-refractivity contribution is 0.0480. The van der Waals surface area contributed by atoms with Crippen molar-refractivity contribution < 1.29 is 27.1 Å². The molecule has 0 spiro atoms. The van der Waals surface area contributed by atoms with Crippen LogP contribution < -0.4 is 4.74 Å². The van der Waals surface area contributed by atoms with Crippen LogP contribution in [0.5, 0.6) is 5.75 Å². The average molecular weight is 534 g/mol. The van der Waals surface area contributed by atoms with Gasteiger partial charge in [-0.1, -0.05) is 28.1 Å². The van der Waals surface area contributed by atoms with Gasteiger partial charge in [0.1, 0.15) is 5.75 Å². The fourth-order valence-corrected chi connectivity index (χ4v) is 5.11. The molecule has 0 saturated carbocycles. The first kappa shape index (κ1) is 23.5. The maximum absolute atomic E-state index is 13.3. The van der Waals surface area contributed by atoms with Crippen molar-refractivity contribution in [3.05, 3.63) is 76.5 Å². The van der Waals surface area contributed by atoms with E-state index in [-0.39, 0.29) is 21.9 Å². The van der Waals surface area contributed by atoms with E-state index in [1.807, 2.05) is 24.3 Å². The van der Waals surface area contributed by atoms with Gasteiger partial charge in [-0.2, -0.15) is 0 Å². The average Bonchev–Trinajstić information content (AvgIpc) is 3.52. The lowest BCUT2D eigenvalue weighted by atomic mass is 10.1. The lowest BCUT2D eigenvalue weighted by Crippen LogP contribution is -2.36. The molecule has 0 N–H and O–H groups in total. The minimum Gasteiger partial charge on any atom is -0.497 e. The molecule has 2 heterocycles. The second-order valence-corrected chi connectivity index (χ2v) is 10.5. The Morgan fingerprint density at radius 1 is 1.09 bits per heavy atom. The highest BCUT2D eigenvalue weighted by Gasteiger charge is 2.28. The molecule has 1 aliphatic rings. The van der Waals surface area contributed by atoms with E-state index in [1.54, 1.807) is 24.1 Å². The molecule has 9 heteroatoms. The third kappa shape index (κ3) is 5.48. The summed E-state index contributed by atoms with van der Waals surface area (Å²) in [6.07, 6.45) is 1.76. The van der Waals surface area contributed by atoms with Crippen LogP contribution in [0, 0.1) is 0 Å². The van der Waals surface area contributed by atoms with Crippen LogP contribution in [0.2, 0.25) is 0 Å². The summed E-state index contributed by atoms with van der Waals surface area (Å²) in [4.78, 5) is 15.1. The van der Waals surface area contributed by atoms with Crippen LogP contribution in [-0.2, 0) is 21.1 Å². The molecule has 33 heavy (non-hydrogen) atoms. The van der Waals surface area contributed by atoms with E-state index in [0.29, 0.717) is 19.7 Å². The first-order chi connectivity index (χ1) is 15.9. The van der Waals surface area contributed by atoms with E-state index in [0.717, 1.165) is 28.6 Å². The Bertz CT molecular complexity index is 1200. The number of amides is 1. The number of rotatable bonds is 8. The van der Waals surface area contributed by atoms with E-state index in [1.165, 1.54) is 24.3 Å². The Balaban J connectivity index is 1.57. The number of carbonyl (C=O) groups excluding carboxylic acids is 1. The van der Waals surface area contributed by atoms with E-state index in [4.69, 9.17) is 13.9 Å². The number of nitrogens with zero attached hydrogens (tertiary/aromatic N) is 1. The molecule has 1 aliphatic heterocycles. The maximum Gasteiger partial charge on any atom is 0.290 e. The van der Waals surface area contributed by atoms with Crippen molar-refractivity contribution in [1.29, 1.82) is 0 Å². The van der Waals surface area contributed by atoms with Crippen molar-refractivity contribution in [2.24, 2.45) is 0 Å². The summed E-state index contributed by atoms with van der Waals surface area (Å²) in [5, 5.41) is -0.269. The summed E-state index contributed by atoms with van der Waals surface area (Å²) >= 11 is 3.29. The summed E-state index contributed by atoms with van der Waals surface area (Å²) in [6.45, 7) is 1.39. The van der Waals surface area contributed by atoms with Crippen LogP contribution in [0.15, 0.2) is 79.5 Å². The fourth-order valence-electron chi connectivity index (χ4n) is 3.67. The molecule has 174 valence electrons. The van der Waals surface area contributed by atoms with E-state index >= 15 is 0 Å². The largest absolute Gasteiger partial charge is 0.497 e. The quantitative estimate of drug-likeness (QED) is 0.417. The molecular formula is C24H24BrNO6S. The van der Waals surface area contributed by atoms with Gasteiger partial charge in [0, 0.05) is 24.2 Å². The molecule has 1 unspecified atom stereocenters. The van der Waals surface area contributed by atoms with Crippen molar-refractivity contribution in [3.63, 3.8) is 0 Å². The smallest absolute Gasteiger partial charge is 0.290 e. The fraction of sp³-hybridized carbons (Fsp3) is 0.292. The van der Waals surface area contributed by atoms with Gasteiger partial charge in [-0.05, 0) is 66.9 Å². The van der Waals surface area contributed by atoms with Gasteiger partial charge in [0.25, 0.3) is 5.91 Å². The van der Waals surface area contributed by atoms with Gasteiger partial charge >= 0.3 is 0 Å². The lowest BCUT2D eigenvalue weighted by Gasteiger charge is -2.25. The number of sulfone groups is 1. The third-order valence-corrected chi connectivity index (χ3v) is 7.62. The standard InChI is InChI=1S/C24H24BrNO6S/c1-30-19-8-4-17(5-9-19)15-26(16-20-3-2-14-31-20)24(27)22-12-13-23(32-22)33(28,29)21-10-6-18(25)7-11-21/h4-13,20H,2-3,14-16H2,1H3. The Morgan fingerprint density at radius 2 is 1.82 bits per heavy atom. The topological polar surface area (TPSA) is 86.0 Å². The molecule has 1 saturated heterocycles. The molecule has 4 rings (SSSR count). The Kier molecular flexibility index (Phi) is 7.21. The molecule has 3 aromatic rings. The second-order valence-electron chi connectivity index (χ2n) is 7.74.